The highest BCUT2D eigenvalue weighted by molar-refractivity contribution is 5.76. The number of benzene rings is 1. The van der Waals surface area contributed by atoms with Crippen molar-refractivity contribution in [2.24, 2.45) is 0 Å². The Morgan fingerprint density at radius 2 is 2.10 bits per heavy atom. The maximum atomic E-state index is 12.9. The van der Waals surface area contributed by atoms with Gasteiger partial charge in [0.15, 0.2) is 5.89 Å². The maximum Gasteiger partial charge on any atom is 0.244 e. The van der Waals surface area contributed by atoms with Crippen molar-refractivity contribution >= 4 is 5.91 Å². The van der Waals surface area contributed by atoms with Crippen molar-refractivity contribution < 1.29 is 9.21 Å². The van der Waals surface area contributed by atoms with Gasteiger partial charge < -0.3 is 9.32 Å². The lowest BCUT2D eigenvalue weighted by Gasteiger charge is -2.30. The zero-order valence-corrected chi connectivity index (χ0v) is 17.3. The molecule has 0 unspecified atom stereocenters. The van der Waals surface area contributed by atoms with E-state index in [4.69, 9.17) is 9.68 Å². The lowest BCUT2D eigenvalue weighted by Crippen LogP contribution is -2.40. The van der Waals surface area contributed by atoms with Crippen LogP contribution in [0.3, 0.4) is 0 Å². The van der Waals surface area contributed by atoms with Gasteiger partial charge in [-0.25, -0.2) is 4.98 Å². The van der Waals surface area contributed by atoms with E-state index in [-0.39, 0.29) is 18.4 Å². The van der Waals surface area contributed by atoms with Crippen LogP contribution in [0.15, 0.2) is 40.9 Å². The summed E-state index contributed by atoms with van der Waals surface area (Å²) in [7, 11) is 0. The molecule has 0 saturated carbocycles. The van der Waals surface area contributed by atoms with Crippen LogP contribution in [0.4, 0.5) is 0 Å². The van der Waals surface area contributed by atoms with Gasteiger partial charge in [0.2, 0.25) is 5.91 Å². The first-order valence-electron chi connectivity index (χ1n) is 10.3. The number of aromatic nitrogens is 3. The average Bonchev–Trinajstić information content (AvgIpc) is 3.40. The number of hydrogen-bond acceptors (Lipinski definition) is 5. The van der Waals surface area contributed by atoms with Gasteiger partial charge in [-0.1, -0.05) is 19.1 Å². The molecule has 3 aromatic rings. The summed E-state index contributed by atoms with van der Waals surface area (Å²) in [4.78, 5) is 19.2. The van der Waals surface area contributed by atoms with Gasteiger partial charge in [-0.15, -0.1) is 0 Å². The van der Waals surface area contributed by atoms with E-state index in [9.17, 15) is 4.79 Å². The molecule has 3 heterocycles. The van der Waals surface area contributed by atoms with E-state index in [0.717, 1.165) is 47.9 Å². The molecule has 154 valence electrons. The molecule has 2 aromatic heterocycles. The number of nitriles is 1. The summed E-state index contributed by atoms with van der Waals surface area (Å²) < 4.78 is 7.45. The summed E-state index contributed by atoms with van der Waals surface area (Å²) in [6.07, 6.45) is 4.25. The van der Waals surface area contributed by atoms with Crippen molar-refractivity contribution in [3.63, 3.8) is 0 Å². The summed E-state index contributed by atoms with van der Waals surface area (Å²) in [5.41, 5.74) is 3.28. The Hall–Kier alpha value is -3.40. The van der Waals surface area contributed by atoms with Crippen LogP contribution in [0.2, 0.25) is 0 Å². The Morgan fingerprint density at radius 1 is 1.30 bits per heavy atom. The van der Waals surface area contributed by atoms with Crippen LogP contribution in [0.5, 0.6) is 0 Å². The summed E-state index contributed by atoms with van der Waals surface area (Å²) >= 11 is 0. The van der Waals surface area contributed by atoms with Crippen molar-refractivity contribution in [2.45, 2.75) is 45.6 Å². The molecule has 30 heavy (non-hydrogen) atoms. The zero-order chi connectivity index (χ0) is 21.1. The smallest absolute Gasteiger partial charge is 0.244 e. The molecule has 1 aliphatic heterocycles. The molecule has 0 radical (unpaired) electrons. The van der Waals surface area contributed by atoms with Crippen molar-refractivity contribution in [2.75, 3.05) is 13.1 Å². The largest absolute Gasteiger partial charge is 0.446 e. The molecule has 0 atom stereocenters. The fourth-order valence-corrected chi connectivity index (χ4v) is 3.93. The fourth-order valence-electron chi connectivity index (χ4n) is 3.93. The molecule has 7 heteroatoms. The van der Waals surface area contributed by atoms with E-state index in [1.54, 1.807) is 16.9 Å². The number of nitrogens with zero attached hydrogens (tertiary/aromatic N) is 5. The Morgan fingerprint density at radius 3 is 2.77 bits per heavy atom. The van der Waals surface area contributed by atoms with Crippen LogP contribution in [0.1, 0.15) is 48.6 Å². The van der Waals surface area contributed by atoms with Crippen LogP contribution in [-0.4, -0.2) is 38.7 Å². The van der Waals surface area contributed by atoms with Crippen molar-refractivity contribution in [1.82, 2.24) is 19.7 Å². The predicted molar refractivity (Wildman–Crippen MR) is 112 cm³/mol. The highest BCUT2D eigenvalue weighted by atomic mass is 16.4. The predicted octanol–water partition coefficient (Wildman–Crippen LogP) is 3.69. The maximum absolute atomic E-state index is 12.9. The fraction of sp³-hybridized carbons (Fsp3) is 0.391. The van der Waals surface area contributed by atoms with Gasteiger partial charge in [0.1, 0.15) is 12.3 Å². The van der Waals surface area contributed by atoms with Crippen LogP contribution < -0.4 is 0 Å². The molecule has 7 nitrogen and oxygen atoms in total. The molecule has 1 amide bonds. The lowest BCUT2D eigenvalue weighted by molar-refractivity contribution is -0.133. The van der Waals surface area contributed by atoms with Crippen LogP contribution in [0, 0.1) is 18.3 Å². The van der Waals surface area contributed by atoms with Crippen LogP contribution in [0.25, 0.3) is 11.3 Å². The SMILES string of the molecule is CCc1cc(-c2cccc(C#N)c2)nn1CC(=O)N1CCC(c2ncc(C)o2)CC1. The monoisotopic (exact) mass is 403 g/mol. The minimum atomic E-state index is 0.0761. The Bertz CT molecular complexity index is 1080. The Balaban J connectivity index is 1.43. The number of likely N-dealkylation sites (tertiary alicyclic amines) is 1. The zero-order valence-electron chi connectivity index (χ0n) is 17.3. The highest BCUT2D eigenvalue weighted by Gasteiger charge is 2.27. The number of aryl methyl sites for hydroxylation is 2. The normalized spacial score (nSPS) is 14.6. The number of piperidine rings is 1. The van der Waals surface area contributed by atoms with E-state index in [0.29, 0.717) is 18.7 Å². The van der Waals surface area contributed by atoms with Gasteiger partial charge in [0, 0.05) is 30.3 Å². The molecular weight excluding hydrogens is 378 g/mol. The van der Waals surface area contributed by atoms with Gasteiger partial charge in [-0.05, 0) is 44.4 Å². The number of oxazole rings is 1. The van der Waals surface area contributed by atoms with Crippen LogP contribution in [-0.2, 0) is 17.8 Å². The van der Waals surface area contributed by atoms with E-state index in [1.165, 1.54) is 0 Å². The van der Waals surface area contributed by atoms with Gasteiger partial charge in [0.05, 0.1) is 23.5 Å². The molecule has 0 spiro atoms. The standard InChI is InChI=1S/C23H25N5O2/c1-3-20-12-21(19-6-4-5-17(11-19)13-24)26-28(20)15-22(29)27-9-7-18(8-10-27)23-25-14-16(2)30-23/h4-6,11-12,14,18H,3,7-10,15H2,1-2H3. The van der Waals surface area contributed by atoms with Crippen molar-refractivity contribution in [1.29, 1.82) is 5.26 Å². The Kier molecular flexibility index (Phi) is 5.66. The van der Waals surface area contributed by atoms with Crippen molar-refractivity contribution in [3.8, 4) is 17.3 Å². The van der Waals surface area contributed by atoms with Crippen LogP contribution >= 0.6 is 0 Å². The third-order valence-corrected chi connectivity index (χ3v) is 5.63. The van der Waals surface area contributed by atoms with E-state index in [2.05, 4.69) is 23.1 Å². The second-order valence-electron chi connectivity index (χ2n) is 7.69. The van der Waals surface area contributed by atoms with Gasteiger partial charge in [-0.2, -0.15) is 10.4 Å². The molecule has 1 aromatic carbocycles. The molecule has 0 bridgehead atoms. The Labute approximate surface area is 175 Å². The van der Waals surface area contributed by atoms with E-state index in [1.807, 2.05) is 36.1 Å². The molecular formula is C23H25N5O2. The summed E-state index contributed by atoms with van der Waals surface area (Å²) in [5, 5.41) is 13.8. The number of hydrogen-bond donors (Lipinski definition) is 0. The van der Waals surface area contributed by atoms with Crippen molar-refractivity contribution in [3.05, 3.63) is 59.4 Å². The van der Waals surface area contributed by atoms with E-state index < -0.39 is 0 Å². The summed E-state index contributed by atoms with van der Waals surface area (Å²) in [6, 6.07) is 11.5. The minimum Gasteiger partial charge on any atom is -0.446 e. The first-order valence-corrected chi connectivity index (χ1v) is 10.3. The average molecular weight is 403 g/mol. The minimum absolute atomic E-state index is 0.0761. The number of carbonyl (C=O) groups excluding carboxylic acids is 1. The van der Waals surface area contributed by atoms with E-state index >= 15 is 0 Å². The molecule has 0 N–H and O–H groups in total. The number of carbonyl (C=O) groups is 1. The molecule has 1 fully saturated rings. The number of amides is 1. The summed E-state index contributed by atoms with van der Waals surface area (Å²) in [6.45, 7) is 5.58. The third-order valence-electron chi connectivity index (χ3n) is 5.63. The van der Waals surface area contributed by atoms with Gasteiger partial charge in [-0.3, -0.25) is 9.48 Å². The highest BCUT2D eigenvalue weighted by Crippen LogP contribution is 2.28. The quantitative estimate of drug-likeness (QED) is 0.648. The second kappa shape index (κ2) is 8.54. The first kappa shape index (κ1) is 19.9. The van der Waals surface area contributed by atoms with Gasteiger partial charge >= 0.3 is 0 Å². The topological polar surface area (TPSA) is 88.0 Å². The third kappa shape index (κ3) is 4.13. The molecule has 0 aliphatic carbocycles. The second-order valence-corrected chi connectivity index (χ2v) is 7.69. The summed E-state index contributed by atoms with van der Waals surface area (Å²) in [5.74, 6) is 1.96. The molecule has 1 aliphatic rings. The lowest BCUT2D eigenvalue weighted by atomic mass is 9.97. The number of rotatable bonds is 5. The molecule has 4 rings (SSSR count). The first-order chi connectivity index (χ1) is 14.6. The molecule has 1 saturated heterocycles. The van der Waals surface area contributed by atoms with Gasteiger partial charge in [0.25, 0.3) is 0 Å².